The molecule has 22 heavy (non-hydrogen) atoms. The second-order valence-electron chi connectivity index (χ2n) is 5.65. The minimum absolute atomic E-state index is 0.292. The Morgan fingerprint density at radius 1 is 1.36 bits per heavy atom. The van der Waals surface area contributed by atoms with Crippen LogP contribution in [0.25, 0.3) is 0 Å². The van der Waals surface area contributed by atoms with Gasteiger partial charge in [-0.2, -0.15) is 0 Å². The number of benzene rings is 1. The summed E-state index contributed by atoms with van der Waals surface area (Å²) in [6.07, 6.45) is 5.38. The van der Waals surface area contributed by atoms with Gasteiger partial charge in [-0.1, -0.05) is 17.7 Å². The highest BCUT2D eigenvalue weighted by Crippen LogP contribution is 2.41. The van der Waals surface area contributed by atoms with E-state index in [1.165, 1.54) is 29.3 Å². The van der Waals surface area contributed by atoms with Crippen LogP contribution in [0.4, 0.5) is 0 Å². The number of rotatable bonds is 5. The van der Waals surface area contributed by atoms with Crippen LogP contribution in [0.2, 0.25) is 5.02 Å². The number of halogens is 1. The van der Waals surface area contributed by atoms with Crippen LogP contribution < -0.4 is 10.2 Å². The highest BCUT2D eigenvalue weighted by Gasteiger charge is 2.26. The zero-order chi connectivity index (χ0) is 15.7. The number of nitrogens with zero attached hydrogens (tertiary/aromatic N) is 1. The molecule has 1 saturated carbocycles. The van der Waals surface area contributed by atoms with Crippen molar-refractivity contribution in [2.45, 2.75) is 32.3 Å². The molecule has 5 heteroatoms. The molecule has 0 amide bonds. The zero-order valence-electron chi connectivity index (χ0n) is 12.4. The molecule has 3 rings (SSSR count). The van der Waals surface area contributed by atoms with E-state index in [-0.39, 0.29) is 0 Å². The first-order valence-electron chi connectivity index (χ1n) is 7.27. The normalized spacial score (nSPS) is 13.9. The molecule has 1 heterocycles. The molecule has 1 aromatic carbocycles. The summed E-state index contributed by atoms with van der Waals surface area (Å²) in [6, 6.07) is 7.44. The minimum Gasteiger partial charge on any atom is -0.489 e. The van der Waals surface area contributed by atoms with Crippen molar-refractivity contribution in [1.29, 1.82) is 10.8 Å². The van der Waals surface area contributed by atoms with Crippen LogP contribution in [0.3, 0.4) is 0 Å². The molecule has 4 nitrogen and oxygen atoms in total. The molecule has 0 unspecified atom stereocenters. The fourth-order valence-electron chi connectivity index (χ4n) is 2.44. The van der Waals surface area contributed by atoms with Gasteiger partial charge in [0.1, 0.15) is 17.8 Å². The molecule has 0 bridgehead atoms. The number of nitrogens with one attached hydrogen (secondary N) is 2. The first-order chi connectivity index (χ1) is 10.6. The number of aryl methyl sites for hydroxylation is 1. The molecule has 1 fully saturated rings. The first-order valence-corrected chi connectivity index (χ1v) is 7.65. The lowest BCUT2D eigenvalue weighted by atomic mass is 10.1. The molecular formula is C17H18ClN3O. The highest BCUT2D eigenvalue weighted by atomic mass is 35.5. The summed E-state index contributed by atoms with van der Waals surface area (Å²) < 4.78 is 7.37. The summed E-state index contributed by atoms with van der Waals surface area (Å²) in [5.74, 6) is 1.26. The molecule has 0 aliphatic heterocycles. The van der Waals surface area contributed by atoms with Crippen molar-refractivity contribution in [1.82, 2.24) is 4.57 Å². The third kappa shape index (κ3) is 3.07. The molecule has 0 radical (unpaired) electrons. The van der Waals surface area contributed by atoms with E-state index in [4.69, 9.17) is 27.2 Å². The van der Waals surface area contributed by atoms with Crippen LogP contribution in [0.15, 0.2) is 30.5 Å². The fraction of sp³-hybridized carbons (Fsp3) is 0.294. The van der Waals surface area contributed by atoms with Crippen LogP contribution >= 0.6 is 11.6 Å². The molecular weight excluding hydrogens is 298 g/mol. The number of hydrogen-bond acceptors (Lipinski definition) is 3. The molecule has 1 aliphatic rings. The van der Waals surface area contributed by atoms with Gasteiger partial charge in [-0.05, 0) is 60.6 Å². The van der Waals surface area contributed by atoms with Crippen LogP contribution in [-0.4, -0.2) is 10.9 Å². The molecule has 2 N–H and O–H groups in total. The Hall–Kier alpha value is -2.07. The Labute approximate surface area is 134 Å². The van der Waals surface area contributed by atoms with E-state index in [1.54, 1.807) is 6.07 Å². The van der Waals surface area contributed by atoms with Gasteiger partial charge in [0.05, 0.1) is 6.34 Å². The number of pyridine rings is 1. The van der Waals surface area contributed by atoms with Gasteiger partial charge in [-0.15, -0.1) is 0 Å². The van der Waals surface area contributed by atoms with Crippen molar-refractivity contribution in [3.63, 3.8) is 0 Å². The van der Waals surface area contributed by atoms with Crippen LogP contribution in [0.1, 0.15) is 35.4 Å². The molecule has 2 aromatic rings. The number of hydrogen-bond donors (Lipinski definition) is 2. The Morgan fingerprint density at radius 3 is 2.77 bits per heavy atom. The number of ether oxygens (including phenoxy) is 1. The summed E-state index contributed by atoms with van der Waals surface area (Å²) in [5, 5.41) is 16.0. The summed E-state index contributed by atoms with van der Waals surface area (Å²) in [4.78, 5) is 0. The van der Waals surface area contributed by atoms with Gasteiger partial charge in [0, 0.05) is 11.2 Å². The van der Waals surface area contributed by atoms with Crippen molar-refractivity contribution in [3.8, 4) is 5.75 Å². The van der Waals surface area contributed by atoms with Gasteiger partial charge < -0.3 is 4.74 Å². The van der Waals surface area contributed by atoms with Gasteiger partial charge in [-0.3, -0.25) is 15.4 Å². The van der Waals surface area contributed by atoms with E-state index in [2.05, 4.69) is 0 Å². The van der Waals surface area contributed by atoms with Gasteiger partial charge in [0.2, 0.25) is 0 Å². The average Bonchev–Trinajstić information content (AvgIpc) is 3.33. The Morgan fingerprint density at radius 2 is 2.14 bits per heavy atom. The molecule has 1 aromatic heterocycles. The first kappa shape index (κ1) is 14.9. The fourth-order valence-corrected chi connectivity index (χ4v) is 2.61. The van der Waals surface area contributed by atoms with E-state index in [0.29, 0.717) is 23.0 Å². The largest absolute Gasteiger partial charge is 0.489 e. The topological polar surface area (TPSA) is 61.9 Å². The van der Waals surface area contributed by atoms with Gasteiger partial charge in [0.25, 0.3) is 0 Å². The minimum atomic E-state index is 0.292. The van der Waals surface area contributed by atoms with Gasteiger partial charge >= 0.3 is 0 Å². The standard InChI is InChI=1S/C17H18ClN3O/c1-11-2-5-14(7-16(11)18)22-9-13-6-17(20)21(10-19)8-15(13)12-3-4-12/h2,5-8,10,12,19-20H,3-4,9H2,1H3. The number of aromatic nitrogens is 1. The van der Waals surface area contributed by atoms with E-state index < -0.39 is 0 Å². The smallest absolute Gasteiger partial charge is 0.130 e. The molecule has 114 valence electrons. The average molecular weight is 316 g/mol. The maximum Gasteiger partial charge on any atom is 0.130 e. The summed E-state index contributed by atoms with van der Waals surface area (Å²) >= 11 is 6.11. The Bertz CT molecular complexity index is 778. The van der Waals surface area contributed by atoms with E-state index in [0.717, 1.165) is 16.9 Å². The summed E-state index contributed by atoms with van der Waals surface area (Å²) in [7, 11) is 0. The monoisotopic (exact) mass is 315 g/mol. The van der Waals surface area contributed by atoms with Crippen molar-refractivity contribution < 1.29 is 4.74 Å². The highest BCUT2D eigenvalue weighted by molar-refractivity contribution is 6.31. The lowest BCUT2D eigenvalue weighted by Crippen LogP contribution is -2.21. The Balaban J connectivity index is 1.85. The SMILES string of the molecule is Cc1ccc(OCc2cc(=N)n(C=N)cc2C2CC2)cc1Cl. The quantitative estimate of drug-likeness (QED) is 0.639. The van der Waals surface area contributed by atoms with Crippen LogP contribution in [0.5, 0.6) is 5.75 Å². The van der Waals surface area contributed by atoms with Crippen molar-refractivity contribution >= 4 is 17.9 Å². The van der Waals surface area contributed by atoms with Crippen molar-refractivity contribution in [2.75, 3.05) is 0 Å². The van der Waals surface area contributed by atoms with E-state index in [1.807, 2.05) is 31.3 Å². The second kappa shape index (κ2) is 5.97. The third-order valence-electron chi connectivity index (χ3n) is 3.93. The third-order valence-corrected chi connectivity index (χ3v) is 4.34. The zero-order valence-corrected chi connectivity index (χ0v) is 13.2. The maximum atomic E-state index is 7.95. The molecule has 0 spiro atoms. The molecule has 1 aliphatic carbocycles. The maximum absolute atomic E-state index is 7.95. The predicted octanol–water partition coefficient (Wildman–Crippen LogP) is 3.84. The van der Waals surface area contributed by atoms with Crippen LogP contribution in [0, 0.1) is 17.7 Å². The van der Waals surface area contributed by atoms with Crippen molar-refractivity contribution in [2.24, 2.45) is 0 Å². The predicted molar refractivity (Wildman–Crippen MR) is 87.0 cm³/mol. The summed E-state index contributed by atoms with van der Waals surface area (Å²) in [5.41, 5.74) is 3.51. The lowest BCUT2D eigenvalue weighted by molar-refractivity contribution is 0.304. The molecule has 0 atom stereocenters. The summed E-state index contributed by atoms with van der Waals surface area (Å²) in [6.45, 7) is 2.37. The van der Waals surface area contributed by atoms with E-state index >= 15 is 0 Å². The van der Waals surface area contributed by atoms with E-state index in [9.17, 15) is 0 Å². The van der Waals surface area contributed by atoms with Gasteiger partial charge in [0.15, 0.2) is 0 Å². The Kier molecular flexibility index (Phi) is 4.03. The lowest BCUT2D eigenvalue weighted by Gasteiger charge is -2.13. The van der Waals surface area contributed by atoms with Crippen molar-refractivity contribution in [3.05, 3.63) is 57.7 Å². The second-order valence-corrected chi connectivity index (χ2v) is 6.06. The molecule has 0 saturated heterocycles. The van der Waals surface area contributed by atoms with Gasteiger partial charge in [-0.25, -0.2) is 0 Å². The van der Waals surface area contributed by atoms with Crippen LogP contribution in [-0.2, 0) is 6.61 Å².